The van der Waals surface area contributed by atoms with E-state index >= 15 is 0 Å². The van der Waals surface area contributed by atoms with E-state index in [1.54, 1.807) is 14.0 Å². The van der Waals surface area contributed by atoms with Crippen LogP contribution in [0.15, 0.2) is 28.5 Å². The number of halogens is 1. The van der Waals surface area contributed by atoms with Gasteiger partial charge in [0.15, 0.2) is 8.68 Å². The SMILES string of the molecule is COCc1cccc(CNS(=O)(=O)c2sc(Cl)nc2C)c1. The molecule has 0 atom stereocenters. The molecule has 0 aliphatic rings. The van der Waals surface area contributed by atoms with Crippen LogP contribution in [-0.2, 0) is 27.9 Å². The van der Waals surface area contributed by atoms with Crippen molar-refractivity contribution >= 4 is 33.0 Å². The summed E-state index contributed by atoms with van der Waals surface area (Å²) in [6, 6.07) is 7.55. The van der Waals surface area contributed by atoms with Gasteiger partial charge in [0.1, 0.15) is 0 Å². The second-order valence-corrected chi connectivity index (χ2v) is 7.96. The summed E-state index contributed by atoms with van der Waals surface area (Å²) >= 11 is 6.70. The highest BCUT2D eigenvalue weighted by Crippen LogP contribution is 2.26. The van der Waals surface area contributed by atoms with Crippen molar-refractivity contribution in [1.82, 2.24) is 9.71 Å². The van der Waals surface area contributed by atoms with Crippen molar-refractivity contribution < 1.29 is 13.2 Å². The number of methoxy groups -OCH3 is 1. The average Bonchev–Trinajstić information content (AvgIpc) is 2.77. The van der Waals surface area contributed by atoms with Crippen LogP contribution < -0.4 is 4.72 Å². The Kier molecular flexibility index (Phi) is 5.34. The molecule has 0 saturated heterocycles. The van der Waals surface area contributed by atoms with Crippen LogP contribution in [0.2, 0.25) is 4.47 Å². The molecule has 0 aliphatic carbocycles. The molecule has 2 rings (SSSR count). The van der Waals surface area contributed by atoms with Gasteiger partial charge in [-0.3, -0.25) is 0 Å². The predicted molar refractivity (Wildman–Crippen MR) is 83.0 cm³/mol. The van der Waals surface area contributed by atoms with Gasteiger partial charge < -0.3 is 4.74 Å². The van der Waals surface area contributed by atoms with Crippen LogP contribution in [0.25, 0.3) is 0 Å². The van der Waals surface area contributed by atoms with E-state index in [1.807, 2.05) is 24.3 Å². The largest absolute Gasteiger partial charge is 0.380 e. The molecule has 0 bridgehead atoms. The third-order valence-electron chi connectivity index (χ3n) is 2.74. The highest BCUT2D eigenvalue weighted by atomic mass is 35.5. The van der Waals surface area contributed by atoms with Gasteiger partial charge in [-0.1, -0.05) is 47.2 Å². The maximum absolute atomic E-state index is 12.2. The molecular weight excluding hydrogens is 332 g/mol. The molecule has 114 valence electrons. The number of hydrogen-bond donors (Lipinski definition) is 1. The normalized spacial score (nSPS) is 11.8. The van der Waals surface area contributed by atoms with Crippen molar-refractivity contribution in [3.63, 3.8) is 0 Å². The van der Waals surface area contributed by atoms with Gasteiger partial charge in [0.25, 0.3) is 10.0 Å². The Hall–Kier alpha value is -0.990. The van der Waals surface area contributed by atoms with E-state index in [-0.39, 0.29) is 15.2 Å². The van der Waals surface area contributed by atoms with Gasteiger partial charge in [0.2, 0.25) is 0 Å². The summed E-state index contributed by atoms with van der Waals surface area (Å²) in [6.45, 7) is 2.31. The number of thiazole rings is 1. The molecule has 0 aliphatic heterocycles. The number of ether oxygens (including phenoxy) is 1. The van der Waals surface area contributed by atoms with E-state index in [4.69, 9.17) is 16.3 Å². The summed E-state index contributed by atoms with van der Waals surface area (Å²) in [4.78, 5) is 3.92. The van der Waals surface area contributed by atoms with Crippen molar-refractivity contribution in [1.29, 1.82) is 0 Å². The summed E-state index contributed by atoms with van der Waals surface area (Å²) < 4.78 is 32.4. The van der Waals surface area contributed by atoms with Crippen molar-refractivity contribution in [2.75, 3.05) is 7.11 Å². The van der Waals surface area contributed by atoms with E-state index in [0.29, 0.717) is 12.3 Å². The van der Waals surface area contributed by atoms with Gasteiger partial charge in [0, 0.05) is 13.7 Å². The number of hydrogen-bond acceptors (Lipinski definition) is 5. The van der Waals surface area contributed by atoms with E-state index < -0.39 is 10.0 Å². The summed E-state index contributed by atoms with van der Waals surface area (Å²) in [5, 5.41) is 0. The van der Waals surface area contributed by atoms with Crippen LogP contribution in [0.4, 0.5) is 0 Å². The van der Waals surface area contributed by atoms with Gasteiger partial charge in [-0.05, 0) is 18.1 Å². The van der Waals surface area contributed by atoms with Gasteiger partial charge >= 0.3 is 0 Å². The molecule has 0 fully saturated rings. The highest BCUT2D eigenvalue weighted by molar-refractivity contribution is 7.91. The van der Waals surface area contributed by atoms with Crippen molar-refractivity contribution in [3.05, 3.63) is 45.6 Å². The quantitative estimate of drug-likeness (QED) is 0.873. The fourth-order valence-corrected chi connectivity index (χ4v) is 4.64. The maximum atomic E-state index is 12.2. The molecule has 2 aromatic rings. The Bertz CT molecular complexity index is 729. The standard InChI is InChI=1S/C13H15ClN2O3S2/c1-9-12(20-13(14)16-9)21(17,18)15-7-10-4-3-5-11(6-10)8-19-2/h3-6,15H,7-8H2,1-2H3. The molecule has 1 N–H and O–H groups in total. The summed E-state index contributed by atoms with van der Waals surface area (Å²) in [7, 11) is -1.99. The van der Waals surface area contributed by atoms with Gasteiger partial charge in [-0.25, -0.2) is 18.1 Å². The van der Waals surface area contributed by atoms with Crippen LogP contribution in [0.1, 0.15) is 16.8 Å². The molecule has 1 heterocycles. The summed E-state index contributed by atoms with van der Waals surface area (Å²) in [6.07, 6.45) is 0. The number of rotatable bonds is 6. The number of aromatic nitrogens is 1. The first-order valence-electron chi connectivity index (χ1n) is 6.11. The Balaban J connectivity index is 2.12. The minimum Gasteiger partial charge on any atom is -0.380 e. The van der Waals surface area contributed by atoms with Crippen LogP contribution in [0.5, 0.6) is 0 Å². The average molecular weight is 347 g/mol. The number of benzene rings is 1. The molecule has 0 spiro atoms. The lowest BCUT2D eigenvalue weighted by atomic mass is 10.1. The molecular formula is C13H15ClN2O3S2. The fraction of sp³-hybridized carbons (Fsp3) is 0.308. The zero-order valence-corrected chi connectivity index (χ0v) is 14.0. The minimum atomic E-state index is -3.60. The topological polar surface area (TPSA) is 68.3 Å². The van der Waals surface area contributed by atoms with E-state index in [2.05, 4.69) is 9.71 Å². The van der Waals surface area contributed by atoms with E-state index in [0.717, 1.165) is 22.5 Å². The first-order chi connectivity index (χ1) is 9.92. The Morgan fingerprint density at radius 3 is 2.71 bits per heavy atom. The zero-order valence-electron chi connectivity index (χ0n) is 11.6. The Morgan fingerprint density at radius 2 is 2.10 bits per heavy atom. The molecule has 0 saturated carbocycles. The van der Waals surface area contributed by atoms with Crippen LogP contribution >= 0.6 is 22.9 Å². The molecule has 0 radical (unpaired) electrons. The van der Waals surface area contributed by atoms with Crippen molar-refractivity contribution in [2.45, 2.75) is 24.3 Å². The predicted octanol–water partition coefficient (Wildman–Crippen LogP) is 2.73. The minimum absolute atomic E-state index is 0.153. The second-order valence-electron chi connectivity index (χ2n) is 4.42. The molecule has 0 unspecified atom stereocenters. The Labute approximate surface area is 133 Å². The third kappa shape index (κ3) is 4.24. The highest BCUT2D eigenvalue weighted by Gasteiger charge is 2.21. The number of nitrogens with one attached hydrogen (secondary N) is 1. The zero-order chi connectivity index (χ0) is 15.5. The first kappa shape index (κ1) is 16.4. The summed E-state index contributed by atoms with van der Waals surface area (Å²) in [5.41, 5.74) is 2.26. The summed E-state index contributed by atoms with van der Waals surface area (Å²) in [5.74, 6) is 0. The smallest absolute Gasteiger partial charge is 0.252 e. The van der Waals surface area contributed by atoms with Crippen molar-refractivity contribution in [3.8, 4) is 0 Å². The molecule has 5 nitrogen and oxygen atoms in total. The van der Waals surface area contributed by atoms with E-state index in [1.165, 1.54) is 0 Å². The molecule has 21 heavy (non-hydrogen) atoms. The Morgan fingerprint density at radius 1 is 1.38 bits per heavy atom. The van der Waals surface area contributed by atoms with Gasteiger partial charge in [0.05, 0.1) is 12.3 Å². The molecule has 0 amide bonds. The monoisotopic (exact) mass is 346 g/mol. The first-order valence-corrected chi connectivity index (χ1v) is 8.79. The maximum Gasteiger partial charge on any atom is 0.252 e. The number of sulfonamides is 1. The third-order valence-corrected chi connectivity index (χ3v) is 6.01. The van der Waals surface area contributed by atoms with Gasteiger partial charge in [-0.15, -0.1) is 0 Å². The van der Waals surface area contributed by atoms with Crippen LogP contribution in [-0.4, -0.2) is 20.5 Å². The fourth-order valence-electron chi connectivity index (χ4n) is 1.84. The second kappa shape index (κ2) is 6.85. The van der Waals surface area contributed by atoms with Crippen LogP contribution in [0.3, 0.4) is 0 Å². The lowest BCUT2D eigenvalue weighted by molar-refractivity contribution is 0.185. The number of nitrogens with zero attached hydrogens (tertiary/aromatic N) is 1. The molecule has 1 aromatic heterocycles. The molecule has 1 aromatic carbocycles. The van der Waals surface area contributed by atoms with Crippen LogP contribution in [0, 0.1) is 6.92 Å². The molecule has 8 heteroatoms. The lowest BCUT2D eigenvalue weighted by Gasteiger charge is -2.07. The number of aryl methyl sites for hydroxylation is 1. The van der Waals surface area contributed by atoms with Gasteiger partial charge in [-0.2, -0.15) is 0 Å². The lowest BCUT2D eigenvalue weighted by Crippen LogP contribution is -2.23. The van der Waals surface area contributed by atoms with Crippen molar-refractivity contribution in [2.24, 2.45) is 0 Å². The van der Waals surface area contributed by atoms with E-state index in [9.17, 15) is 8.42 Å².